The first-order valence-corrected chi connectivity index (χ1v) is 5.23. The van der Waals surface area contributed by atoms with Crippen LogP contribution in [0.1, 0.15) is 0 Å². The lowest BCUT2D eigenvalue weighted by molar-refractivity contribution is 0.198. The van der Waals surface area contributed by atoms with Crippen LogP contribution >= 0.6 is 11.6 Å². The van der Waals surface area contributed by atoms with E-state index in [1.165, 1.54) is 0 Å². The highest BCUT2D eigenvalue weighted by Crippen LogP contribution is 2.26. The van der Waals surface area contributed by atoms with Gasteiger partial charge in [0.15, 0.2) is 0 Å². The number of nitrogens with one attached hydrogen (secondary N) is 1. The molecule has 0 saturated carbocycles. The molecule has 1 aliphatic rings. The van der Waals surface area contributed by atoms with Crippen molar-refractivity contribution in [1.82, 2.24) is 5.59 Å². The molecule has 1 fully saturated rings. The van der Waals surface area contributed by atoms with E-state index in [2.05, 4.69) is 8.57 Å². The molecule has 1 N–H and O–H groups in total. The minimum absolute atomic E-state index is 0.334. The zero-order chi connectivity index (χ0) is 10.2. The van der Waals surface area contributed by atoms with Crippen molar-refractivity contribution in [2.24, 2.45) is 0 Å². The summed E-state index contributed by atoms with van der Waals surface area (Å²) in [4.78, 5) is 0. The molecule has 1 aromatic carbocycles. The predicted molar refractivity (Wildman–Crippen MR) is 48.2 cm³/mol. The molecule has 6 nitrogen and oxygen atoms in total. The monoisotopic (exact) mass is 236 g/mol. The SMILES string of the molecule is O=S1(=O)ONN(c2ccccc2Cl)O1. The summed E-state index contributed by atoms with van der Waals surface area (Å²) in [6.45, 7) is 0. The summed E-state index contributed by atoms with van der Waals surface area (Å²) >= 11 is 5.79. The molecule has 76 valence electrons. The van der Waals surface area contributed by atoms with Crippen LogP contribution in [0.3, 0.4) is 0 Å². The molecule has 0 aliphatic carbocycles. The van der Waals surface area contributed by atoms with Gasteiger partial charge >= 0.3 is 10.4 Å². The lowest BCUT2D eigenvalue weighted by atomic mass is 10.3. The average Bonchev–Trinajstić information content (AvgIpc) is 2.47. The number of anilines is 1. The number of hydrogen-bond donors (Lipinski definition) is 1. The number of benzene rings is 1. The highest BCUT2D eigenvalue weighted by atomic mass is 35.5. The summed E-state index contributed by atoms with van der Waals surface area (Å²) in [7, 11) is -4.00. The highest BCUT2D eigenvalue weighted by Gasteiger charge is 2.29. The Morgan fingerprint density at radius 2 is 2.07 bits per heavy atom. The van der Waals surface area contributed by atoms with E-state index in [1.807, 2.05) is 5.59 Å². The van der Waals surface area contributed by atoms with Crippen molar-refractivity contribution in [2.45, 2.75) is 0 Å². The third kappa shape index (κ3) is 1.81. The zero-order valence-corrected chi connectivity index (χ0v) is 8.25. The van der Waals surface area contributed by atoms with Gasteiger partial charge in [-0.1, -0.05) is 29.3 Å². The van der Waals surface area contributed by atoms with Crippen molar-refractivity contribution in [3.63, 3.8) is 0 Å². The standard InChI is InChI=1S/C6H5ClN2O4S/c7-5-3-1-2-4-6(5)9-8-12-14(10,11)13-9/h1-4,8H. The normalized spacial score (nSPS) is 19.9. The second-order valence-corrected chi connectivity index (χ2v) is 3.94. The molecular formula is C6H5ClN2O4S. The maximum absolute atomic E-state index is 10.7. The quantitative estimate of drug-likeness (QED) is 0.777. The number of halogens is 1. The molecule has 0 spiro atoms. The van der Waals surface area contributed by atoms with Crippen LogP contribution < -0.4 is 10.8 Å². The molecule has 1 aromatic rings. The van der Waals surface area contributed by atoms with Crippen LogP contribution in [0.2, 0.25) is 5.02 Å². The number of hydrogen-bond acceptors (Lipinski definition) is 6. The summed E-state index contributed by atoms with van der Waals surface area (Å²) in [5.41, 5.74) is 2.39. The minimum Gasteiger partial charge on any atom is -0.165 e. The van der Waals surface area contributed by atoms with Crippen molar-refractivity contribution in [3.05, 3.63) is 29.3 Å². The molecule has 0 bridgehead atoms. The Hall–Kier alpha value is -0.860. The van der Waals surface area contributed by atoms with Gasteiger partial charge in [0.1, 0.15) is 5.69 Å². The number of rotatable bonds is 1. The van der Waals surface area contributed by atoms with Gasteiger partial charge in [-0.05, 0) is 12.1 Å². The predicted octanol–water partition coefficient (Wildman–Crippen LogP) is 0.773. The topological polar surface area (TPSA) is 67.9 Å². The van der Waals surface area contributed by atoms with Crippen molar-refractivity contribution >= 4 is 27.7 Å². The van der Waals surface area contributed by atoms with E-state index in [0.29, 0.717) is 10.7 Å². The number of nitrogens with zero attached hydrogens (tertiary/aromatic N) is 1. The molecule has 0 unspecified atom stereocenters. The molecule has 1 heterocycles. The van der Waals surface area contributed by atoms with Crippen LogP contribution in [0.25, 0.3) is 0 Å². The van der Waals surface area contributed by atoms with Crippen LogP contribution in [0, 0.1) is 0 Å². The molecule has 14 heavy (non-hydrogen) atoms. The maximum Gasteiger partial charge on any atom is 0.440 e. The summed E-state index contributed by atoms with van der Waals surface area (Å²) in [5, 5.41) is 1.15. The molecule has 2 rings (SSSR count). The first kappa shape index (κ1) is 9.69. The van der Waals surface area contributed by atoms with Gasteiger partial charge in [0.25, 0.3) is 0 Å². The Labute approximate surface area is 85.2 Å². The Bertz CT molecular complexity index is 449. The lowest BCUT2D eigenvalue weighted by Gasteiger charge is -2.11. The smallest absolute Gasteiger partial charge is 0.165 e. The van der Waals surface area contributed by atoms with Crippen molar-refractivity contribution in [2.75, 3.05) is 5.17 Å². The van der Waals surface area contributed by atoms with Crippen LogP contribution in [-0.2, 0) is 19.0 Å². The molecule has 0 aromatic heterocycles. The van der Waals surface area contributed by atoms with Crippen molar-refractivity contribution in [1.29, 1.82) is 0 Å². The first-order valence-electron chi connectivity index (χ1n) is 3.52. The highest BCUT2D eigenvalue weighted by molar-refractivity contribution is 7.82. The average molecular weight is 237 g/mol. The fourth-order valence-corrected chi connectivity index (χ4v) is 1.60. The summed E-state index contributed by atoms with van der Waals surface area (Å²) in [6, 6.07) is 6.54. The van der Waals surface area contributed by atoms with Crippen molar-refractivity contribution in [3.8, 4) is 0 Å². The first-order chi connectivity index (χ1) is 6.58. The summed E-state index contributed by atoms with van der Waals surface area (Å²) < 4.78 is 30.0. The van der Waals surface area contributed by atoms with Gasteiger partial charge in [0.05, 0.1) is 5.02 Å². The van der Waals surface area contributed by atoms with Crippen LogP contribution in [0.15, 0.2) is 24.3 Å². The fourth-order valence-electron chi connectivity index (χ4n) is 0.907. The van der Waals surface area contributed by atoms with Gasteiger partial charge < -0.3 is 0 Å². The zero-order valence-electron chi connectivity index (χ0n) is 6.68. The molecule has 1 aliphatic heterocycles. The third-order valence-electron chi connectivity index (χ3n) is 1.46. The Morgan fingerprint density at radius 3 is 2.64 bits per heavy atom. The van der Waals surface area contributed by atoms with E-state index < -0.39 is 10.4 Å². The summed E-state index contributed by atoms with van der Waals surface area (Å²) in [6.07, 6.45) is 0. The molecule has 0 atom stereocenters. The van der Waals surface area contributed by atoms with Gasteiger partial charge in [0.2, 0.25) is 0 Å². The van der Waals surface area contributed by atoms with E-state index in [1.54, 1.807) is 24.3 Å². The Morgan fingerprint density at radius 1 is 1.36 bits per heavy atom. The van der Waals surface area contributed by atoms with Gasteiger partial charge in [-0.15, -0.1) is 13.7 Å². The van der Waals surface area contributed by atoms with Gasteiger partial charge in [-0.25, -0.2) is 0 Å². The number of hydrazine groups is 1. The molecular weight excluding hydrogens is 232 g/mol. The van der Waals surface area contributed by atoms with Crippen LogP contribution in [-0.4, -0.2) is 8.42 Å². The Kier molecular flexibility index (Phi) is 2.33. The largest absolute Gasteiger partial charge is 0.440 e. The van der Waals surface area contributed by atoms with Gasteiger partial charge in [-0.2, -0.15) is 8.42 Å². The van der Waals surface area contributed by atoms with E-state index in [4.69, 9.17) is 11.6 Å². The second-order valence-electron chi connectivity index (χ2n) is 2.40. The van der Waals surface area contributed by atoms with Crippen LogP contribution in [0.5, 0.6) is 0 Å². The van der Waals surface area contributed by atoms with Gasteiger partial charge in [0, 0.05) is 0 Å². The Balaban J connectivity index is 2.30. The van der Waals surface area contributed by atoms with E-state index in [9.17, 15) is 8.42 Å². The maximum atomic E-state index is 10.7. The number of para-hydroxylation sites is 1. The van der Waals surface area contributed by atoms with E-state index in [-0.39, 0.29) is 0 Å². The van der Waals surface area contributed by atoms with E-state index in [0.717, 1.165) is 5.17 Å². The second kappa shape index (κ2) is 3.37. The lowest BCUT2D eigenvalue weighted by Crippen LogP contribution is -2.28. The molecule has 0 radical (unpaired) electrons. The van der Waals surface area contributed by atoms with Crippen molar-refractivity contribution < 1.29 is 17.0 Å². The summed E-state index contributed by atoms with van der Waals surface area (Å²) in [5.74, 6) is 0. The van der Waals surface area contributed by atoms with E-state index >= 15 is 0 Å². The molecule has 1 saturated heterocycles. The minimum atomic E-state index is -4.00. The molecule has 8 heteroatoms. The van der Waals surface area contributed by atoms with Gasteiger partial charge in [-0.3, -0.25) is 0 Å². The fraction of sp³-hybridized carbons (Fsp3) is 0. The van der Waals surface area contributed by atoms with Crippen LogP contribution in [0.4, 0.5) is 5.69 Å². The molecule has 0 amide bonds. The third-order valence-corrected chi connectivity index (χ3v) is 2.39.